The lowest BCUT2D eigenvalue weighted by atomic mass is 10.2. The Labute approximate surface area is 109 Å². The first-order valence-corrected chi connectivity index (χ1v) is 5.97. The average Bonchev–Trinajstić information content (AvgIpc) is 2.79. The number of hydrogen-bond donors (Lipinski definition) is 1. The van der Waals surface area contributed by atoms with Crippen molar-refractivity contribution in [2.75, 3.05) is 5.32 Å². The minimum Gasteiger partial charge on any atom is -0.376 e. The molecule has 0 radical (unpaired) electrons. The van der Waals surface area contributed by atoms with Gasteiger partial charge in [-0.15, -0.1) is 0 Å². The van der Waals surface area contributed by atoms with Gasteiger partial charge in [0, 0.05) is 12.1 Å². The van der Waals surface area contributed by atoms with Crippen LogP contribution in [-0.4, -0.2) is 11.0 Å². The van der Waals surface area contributed by atoms with Crippen LogP contribution in [0, 0.1) is 15.5 Å². The Morgan fingerprint density at radius 1 is 1.41 bits per heavy atom. The average molecular weight is 275 g/mol. The van der Waals surface area contributed by atoms with Crippen molar-refractivity contribution in [3.8, 4) is 0 Å². The zero-order chi connectivity index (χ0) is 12.8. The summed E-state index contributed by atoms with van der Waals surface area (Å²) in [5, 5.41) is 14.6. The fraction of sp³-hybridized carbons (Fsp3) is 0.455. The molecule has 1 aliphatic carbocycles. The van der Waals surface area contributed by atoms with Crippen molar-refractivity contribution >= 4 is 34.6 Å². The molecule has 0 aromatic heterocycles. The summed E-state index contributed by atoms with van der Waals surface area (Å²) in [5.74, 6) is 0. The lowest BCUT2D eigenvalue weighted by Crippen LogP contribution is -2.10. The SMILES string of the molecule is CC1(C)CC1Nc1cc(Cl)c(Cl)cc1[N+](=O)[O-]. The molecule has 0 amide bonds. The van der Waals surface area contributed by atoms with Crippen molar-refractivity contribution in [1.82, 2.24) is 0 Å². The number of anilines is 1. The van der Waals surface area contributed by atoms with Crippen LogP contribution < -0.4 is 5.32 Å². The molecule has 1 atom stereocenters. The summed E-state index contributed by atoms with van der Waals surface area (Å²) < 4.78 is 0. The van der Waals surface area contributed by atoms with Crippen molar-refractivity contribution in [2.45, 2.75) is 26.3 Å². The van der Waals surface area contributed by atoms with Gasteiger partial charge in [0.25, 0.3) is 5.69 Å². The Kier molecular flexibility index (Phi) is 2.96. The summed E-state index contributed by atoms with van der Waals surface area (Å²) in [6.07, 6.45) is 0.990. The molecule has 1 aromatic rings. The number of nitro groups is 1. The highest BCUT2D eigenvalue weighted by atomic mass is 35.5. The molecular weight excluding hydrogens is 263 g/mol. The number of hydrogen-bond acceptors (Lipinski definition) is 3. The summed E-state index contributed by atoms with van der Waals surface area (Å²) in [6.45, 7) is 4.21. The molecule has 0 aliphatic heterocycles. The summed E-state index contributed by atoms with van der Waals surface area (Å²) >= 11 is 11.6. The lowest BCUT2D eigenvalue weighted by molar-refractivity contribution is -0.383. The van der Waals surface area contributed by atoms with E-state index in [0.29, 0.717) is 10.7 Å². The van der Waals surface area contributed by atoms with E-state index in [2.05, 4.69) is 19.2 Å². The van der Waals surface area contributed by atoms with Crippen LogP contribution in [0.3, 0.4) is 0 Å². The summed E-state index contributed by atoms with van der Waals surface area (Å²) in [5.41, 5.74) is 0.571. The molecule has 1 saturated carbocycles. The van der Waals surface area contributed by atoms with Gasteiger partial charge in [-0.05, 0) is 17.9 Å². The third-order valence-corrected chi connectivity index (χ3v) is 3.80. The predicted octanol–water partition coefficient (Wildman–Crippen LogP) is 4.11. The zero-order valence-corrected chi connectivity index (χ0v) is 11.0. The van der Waals surface area contributed by atoms with Crippen LogP contribution in [-0.2, 0) is 0 Å². The monoisotopic (exact) mass is 274 g/mol. The fourth-order valence-corrected chi connectivity index (χ4v) is 2.03. The predicted molar refractivity (Wildman–Crippen MR) is 68.9 cm³/mol. The Balaban J connectivity index is 2.32. The Morgan fingerprint density at radius 3 is 2.41 bits per heavy atom. The second-order valence-corrected chi connectivity index (χ2v) is 5.74. The van der Waals surface area contributed by atoms with E-state index in [1.54, 1.807) is 0 Å². The number of nitro benzene ring substituents is 1. The Bertz CT molecular complexity index is 489. The van der Waals surface area contributed by atoms with Crippen LogP contribution in [0.1, 0.15) is 20.3 Å². The molecule has 4 nitrogen and oxygen atoms in total. The third-order valence-electron chi connectivity index (χ3n) is 3.08. The van der Waals surface area contributed by atoms with E-state index in [9.17, 15) is 10.1 Å². The summed E-state index contributed by atoms with van der Waals surface area (Å²) in [7, 11) is 0. The van der Waals surface area contributed by atoms with Crippen LogP contribution in [0.25, 0.3) is 0 Å². The fourth-order valence-electron chi connectivity index (χ4n) is 1.70. The maximum atomic E-state index is 10.9. The minimum atomic E-state index is -0.458. The molecule has 92 valence electrons. The number of nitrogens with zero attached hydrogens (tertiary/aromatic N) is 1. The highest BCUT2D eigenvalue weighted by molar-refractivity contribution is 6.42. The van der Waals surface area contributed by atoms with Gasteiger partial charge in [-0.3, -0.25) is 10.1 Å². The van der Waals surface area contributed by atoms with E-state index >= 15 is 0 Å². The summed E-state index contributed by atoms with van der Waals surface area (Å²) in [4.78, 5) is 10.5. The minimum absolute atomic E-state index is 0.0397. The van der Waals surface area contributed by atoms with Gasteiger partial charge in [0.15, 0.2) is 0 Å². The first kappa shape index (κ1) is 12.5. The van der Waals surface area contributed by atoms with Gasteiger partial charge >= 0.3 is 0 Å². The normalized spacial score (nSPS) is 21.1. The molecular formula is C11H12Cl2N2O2. The number of nitrogens with one attached hydrogen (secondary N) is 1. The van der Waals surface area contributed by atoms with Crippen molar-refractivity contribution in [3.63, 3.8) is 0 Å². The lowest BCUT2D eigenvalue weighted by Gasteiger charge is -2.09. The molecule has 0 heterocycles. The van der Waals surface area contributed by atoms with Crippen LogP contribution in [0.15, 0.2) is 12.1 Å². The molecule has 2 rings (SSSR count). The van der Waals surface area contributed by atoms with Crippen molar-refractivity contribution < 1.29 is 4.92 Å². The first-order valence-electron chi connectivity index (χ1n) is 5.21. The van der Waals surface area contributed by atoms with E-state index < -0.39 is 4.92 Å². The Hall–Kier alpha value is -1.00. The third kappa shape index (κ3) is 2.48. The second kappa shape index (κ2) is 4.03. The molecule has 17 heavy (non-hydrogen) atoms. The first-order chi connectivity index (χ1) is 7.81. The van der Waals surface area contributed by atoms with Crippen LogP contribution in [0.4, 0.5) is 11.4 Å². The molecule has 1 aromatic carbocycles. The van der Waals surface area contributed by atoms with Gasteiger partial charge < -0.3 is 5.32 Å². The summed E-state index contributed by atoms with van der Waals surface area (Å²) in [6, 6.07) is 3.04. The van der Waals surface area contributed by atoms with Gasteiger partial charge in [0.2, 0.25) is 0 Å². The van der Waals surface area contributed by atoms with Crippen molar-refractivity contribution in [3.05, 3.63) is 32.3 Å². The highest BCUT2D eigenvalue weighted by Gasteiger charge is 2.46. The van der Waals surface area contributed by atoms with E-state index in [1.807, 2.05) is 0 Å². The van der Waals surface area contributed by atoms with Crippen LogP contribution in [0.5, 0.6) is 0 Å². The second-order valence-electron chi connectivity index (χ2n) is 4.93. The number of rotatable bonds is 3. The smallest absolute Gasteiger partial charge is 0.293 e. The molecule has 1 aliphatic rings. The molecule has 1 N–H and O–H groups in total. The Morgan fingerprint density at radius 2 is 1.94 bits per heavy atom. The zero-order valence-electron chi connectivity index (χ0n) is 9.46. The molecule has 1 unspecified atom stereocenters. The molecule has 6 heteroatoms. The topological polar surface area (TPSA) is 55.2 Å². The van der Waals surface area contributed by atoms with Crippen LogP contribution in [0.2, 0.25) is 10.0 Å². The van der Waals surface area contributed by atoms with Gasteiger partial charge in [0.1, 0.15) is 5.69 Å². The van der Waals surface area contributed by atoms with Gasteiger partial charge in [-0.1, -0.05) is 37.0 Å². The van der Waals surface area contributed by atoms with Gasteiger partial charge in [-0.25, -0.2) is 0 Å². The van der Waals surface area contributed by atoms with Gasteiger partial charge in [-0.2, -0.15) is 0 Å². The van der Waals surface area contributed by atoms with Crippen LogP contribution >= 0.6 is 23.2 Å². The van der Waals surface area contributed by atoms with E-state index in [-0.39, 0.29) is 22.2 Å². The van der Waals surface area contributed by atoms with Crippen molar-refractivity contribution in [2.24, 2.45) is 5.41 Å². The maximum absolute atomic E-state index is 10.9. The highest BCUT2D eigenvalue weighted by Crippen LogP contribution is 2.48. The van der Waals surface area contributed by atoms with E-state index in [1.165, 1.54) is 12.1 Å². The number of benzene rings is 1. The molecule has 0 bridgehead atoms. The standard InChI is InChI=1S/C11H12Cl2N2O2/c1-11(2)5-10(11)14-8-3-6(12)7(13)4-9(8)15(16)17/h3-4,10,14H,5H2,1-2H3. The maximum Gasteiger partial charge on any atom is 0.293 e. The van der Waals surface area contributed by atoms with E-state index in [4.69, 9.17) is 23.2 Å². The quantitative estimate of drug-likeness (QED) is 0.667. The van der Waals surface area contributed by atoms with Gasteiger partial charge in [0.05, 0.1) is 15.0 Å². The molecule has 1 fully saturated rings. The number of halogens is 2. The molecule has 0 saturated heterocycles. The largest absolute Gasteiger partial charge is 0.376 e. The van der Waals surface area contributed by atoms with E-state index in [0.717, 1.165) is 6.42 Å². The molecule has 0 spiro atoms. The van der Waals surface area contributed by atoms with Crippen molar-refractivity contribution in [1.29, 1.82) is 0 Å².